The molecule has 0 spiro atoms. The van der Waals surface area contributed by atoms with Crippen LogP contribution in [0.3, 0.4) is 0 Å². The number of ether oxygens (including phenoxy) is 1. The summed E-state index contributed by atoms with van der Waals surface area (Å²) in [5.74, 6) is -1.63. The van der Waals surface area contributed by atoms with Crippen molar-refractivity contribution in [2.45, 2.75) is 143 Å². The maximum Gasteiger partial charge on any atom is 0.326 e. The monoisotopic (exact) mass is 978 g/mol. The molecule has 1 N–H and O–H groups in total. The maximum atomic E-state index is 14.4. The van der Waals surface area contributed by atoms with Crippen molar-refractivity contribution >= 4 is 66.5 Å². The molecule has 0 radical (unpaired) electrons. The van der Waals surface area contributed by atoms with E-state index in [1.165, 1.54) is 13.0 Å². The molecular weight excluding hydrogens is 914 g/mol. The number of benzene rings is 2. The number of cyclic esters (lactones) is 1. The van der Waals surface area contributed by atoms with Gasteiger partial charge in [-0.05, 0) is 100 Å². The number of hydrogen-bond donors (Lipinski definition) is 1. The van der Waals surface area contributed by atoms with E-state index in [2.05, 4.69) is 99.6 Å². The number of carbonyl (C=O) groups excluding carboxylic acids is 2. The summed E-state index contributed by atoms with van der Waals surface area (Å²) in [5.41, 5.74) is 0.711. The topological polar surface area (TPSA) is 121 Å². The van der Waals surface area contributed by atoms with E-state index in [0.29, 0.717) is 32.5 Å². The van der Waals surface area contributed by atoms with Gasteiger partial charge in [-0.15, -0.1) is 0 Å². The number of nitrogens with zero attached hydrogens (tertiary/aromatic N) is 2. The summed E-state index contributed by atoms with van der Waals surface area (Å²) < 4.78 is 46.6. The number of Topliss-reactive ketones (excluding diaryl/α,β-unsaturated/α-hetero) is 1. The van der Waals surface area contributed by atoms with E-state index in [9.17, 15) is 23.6 Å². The molecule has 5 atom stereocenters. The number of aliphatic hydroxyl groups excluding tert-OH is 1. The van der Waals surface area contributed by atoms with Crippen molar-refractivity contribution in [3.63, 3.8) is 0 Å². The Morgan fingerprint density at radius 3 is 1.98 bits per heavy atom. The highest BCUT2D eigenvalue weighted by molar-refractivity contribution is 9.10. The van der Waals surface area contributed by atoms with Gasteiger partial charge in [0.05, 0.1) is 46.3 Å². The summed E-state index contributed by atoms with van der Waals surface area (Å²) in [4.78, 5) is 29.2. The molecule has 0 saturated carbocycles. The maximum absolute atomic E-state index is 14.4. The zero-order chi connectivity index (χ0) is 43.7. The summed E-state index contributed by atoms with van der Waals surface area (Å²) in [6.07, 6.45) is 3.61. The highest BCUT2D eigenvalue weighted by Gasteiger charge is 2.57. The molecule has 2 aromatic rings. The highest BCUT2D eigenvalue weighted by Crippen LogP contribution is 2.42. The lowest BCUT2D eigenvalue weighted by Crippen LogP contribution is -2.44. The smallest absolute Gasteiger partial charge is 0.326 e. The van der Waals surface area contributed by atoms with Gasteiger partial charge in [-0.25, -0.2) is 13.5 Å². The van der Waals surface area contributed by atoms with Gasteiger partial charge in [0.2, 0.25) is 12.0 Å². The van der Waals surface area contributed by atoms with Gasteiger partial charge in [-0.3, -0.25) is 14.4 Å². The lowest BCUT2D eigenvalue weighted by atomic mass is 9.93. The van der Waals surface area contributed by atoms with Crippen molar-refractivity contribution < 1.29 is 46.6 Å². The Balaban J connectivity index is 0.000000477. The van der Waals surface area contributed by atoms with Crippen LogP contribution in [0, 0.1) is 22.8 Å². The standard InChI is InChI=1S/C20H29BrFNO4Si.C11H24O2Si.C10H9BrFNO2.CH4/c1-12-16-15(11-25-28(5,6)20(2,3)4)27-23(18(16)19(24)26-12)10-13-8-7-9-14(21)17(13)22;1-10(12)8-7-9-13-14(5,6)11(2,3)4;1-7(14)5-13(15)6-8-3-2-4-9(11)10(8)12;/h7-9,12,15-16,18H,10-11H2,1-6H3;7-8,10,12H,9H2,1-6H3;2-5H,6H2,1H3;1H4/b;8-7-;13-5-;/t12-,15-,16+,18-;;;/m0.../s1. The fourth-order valence-electron chi connectivity index (χ4n) is 5.31. The zero-order valence-corrected chi connectivity index (χ0v) is 40.8. The second kappa shape index (κ2) is 22.6. The Bertz CT molecular complexity index is 1730. The van der Waals surface area contributed by atoms with E-state index in [4.69, 9.17) is 23.5 Å². The molecule has 2 heterocycles. The first kappa shape index (κ1) is 53.9. The molecule has 0 aliphatic carbocycles. The van der Waals surface area contributed by atoms with Crippen molar-refractivity contribution in [3.05, 3.63) is 85.5 Å². The summed E-state index contributed by atoms with van der Waals surface area (Å²) >= 11 is 6.22. The molecule has 10 nitrogen and oxygen atoms in total. The van der Waals surface area contributed by atoms with Gasteiger partial charge in [0, 0.05) is 12.5 Å². The molecule has 2 aliphatic heterocycles. The van der Waals surface area contributed by atoms with Crippen LogP contribution in [-0.2, 0) is 41.1 Å². The number of fused-ring (bicyclic) bond motifs is 1. The van der Waals surface area contributed by atoms with Gasteiger partial charge in [0.1, 0.15) is 29.9 Å². The molecule has 0 bridgehead atoms. The van der Waals surface area contributed by atoms with Gasteiger partial charge < -0.3 is 23.9 Å². The van der Waals surface area contributed by atoms with E-state index in [-0.39, 0.29) is 78.0 Å². The van der Waals surface area contributed by atoms with Crippen LogP contribution in [0.4, 0.5) is 8.78 Å². The van der Waals surface area contributed by atoms with Crippen LogP contribution in [-0.4, -0.2) is 87.1 Å². The SMILES string of the molecule is C.CC(=O)/C=[N+](\[O-])Cc1cccc(Br)c1F.CC(O)/C=C\CO[Si](C)(C)C(C)(C)C.C[C@@H]1OC(=O)[C@@H]2[C@H]1[C@H](CO[Si](C)(C)C(C)(C)C)ON2Cc1cccc(Br)c1F. The summed E-state index contributed by atoms with van der Waals surface area (Å²) in [7, 11) is -3.57. The Morgan fingerprint density at radius 2 is 1.48 bits per heavy atom. The quantitative estimate of drug-likeness (QED) is 0.0422. The normalized spacial score (nSPS) is 20.7. The van der Waals surface area contributed by atoms with Crippen molar-refractivity contribution in [3.8, 4) is 0 Å². The lowest BCUT2D eigenvalue weighted by Gasteiger charge is -2.37. The van der Waals surface area contributed by atoms with Crippen LogP contribution in [0.2, 0.25) is 36.3 Å². The molecule has 2 fully saturated rings. The van der Waals surface area contributed by atoms with Crippen molar-refractivity contribution in [2.24, 2.45) is 5.92 Å². The van der Waals surface area contributed by atoms with Crippen LogP contribution in [0.25, 0.3) is 0 Å². The van der Waals surface area contributed by atoms with Crippen LogP contribution in [0.1, 0.15) is 80.9 Å². The number of rotatable bonds is 12. The van der Waals surface area contributed by atoms with E-state index in [1.54, 1.807) is 48.4 Å². The minimum absolute atomic E-state index is 0. The largest absolute Gasteiger partial charge is 0.623 e. The third kappa shape index (κ3) is 15.7. The Hall–Kier alpha value is -2.16. The predicted octanol–water partition coefficient (Wildman–Crippen LogP) is 10.5. The number of hydroxylamine groups is 3. The Morgan fingerprint density at radius 1 is 0.983 bits per heavy atom. The molecule has 0 aromatic heterocycles. The van der Waals surface area contributed by atoms with Gasteiger partial charge in [0.15, 0.2) is 23.2 Å². The van der Waals surface area contributed by atoms with Crippen molar-refractivity contribution in [1.82, 2.24) is 5.06 Å². The number of carbonyl (C=O) groups is 2. The van der Waals surface area contributed by atoms with Gasteiger partial charge in [0.25, 0.3) is 0 Å². The van der Waals surface area contributed by atoms with Crippen LogP contribution in [0.15, 0.2) is 57.5 Å². The van der Waals surface area contributed by atoms with E-state index in [0.717, 1.165) is 6.21 Å². The third-order valence-electron chi connectivity index (χ3n) is 10.7. The van der Waals surface area contributed by atoms with E-state index >= 15 is 0 Å². The minimum atomic E-state index is -1.96. The van der Waals surface area contributed by atoms with Gasteiger partial charge in [-0.1, -0.05) is 79.3 Å². The van der Waals surface area contributed by atoms with Crippen LogP contribution in [0.5, 0.6) is 0 Å². The molecular formula is C42H66Br2F2N2O8Si2. The summed E-state index contributed by atoms with van der Waals surface area (Å²) in [6, 6.07) is 9.24. The third-order valence-corrected chi connectivity index (χ3v) is 20.9. The van der Waals surface area contributed by atoms with Crippen LogP contribution < -0.4 is 0 Å². The van der Waals surface area contributed by atoms with Crippen molar-refractivity contribution in [1.29, 1.82) is 0 Å². The fraction of sp³-hybridized carbons (Fsp3) is 0.595. The second-order valence-electron chi connectivity index (χ2n) is 17.4. The zero-order valence-electron chi connectivity index (χ0n) is 35.6. The first-order valence-corrected chi connectivity index (χ1v) is 26.4. The fourth-order valence-corrected chi connectivity index (χ4v) is 8.08. The van der Waals surface area contributed by atoms with Gasteiger partial charge in [-0.2, -0.15) is 5.06 Å². The Labute approximate surface area is 364 Å². The average Bonchev–Trinajstić information content (AvgIpc) is 3.58. The number of hydrogen-bond acceptors (Lipinski definition) is 9. The average molecular weight is 981 g/mol. The number of esters is 1. The molecule has 0 amide bonds. The first-order valence-electron chi connectivity index (χ1n) is 19.0. The molecule has 58 heavy (non-hydrogen) atoms. The lowest BCUT2D eigenvalue weighted by molar-refractivity contribution is -0.469. The summed E-state index contributed by atoms with van der Waals surface area (Å²) in [6.45, 7) is 27.9. The first-order chi connectivity index (χ1) is 26.1. The molecule has 2 aliphatic rings. The van der Waals surface area contributed by atoms with E-state index in [1.807, 2.05) is 13.0 Å². The minimum Gasteiger partial charge on any atom is -0.623 e. The molecule has 16 heteroatoms. The molecule has 2 saturated heterocycles. The number of halogens is 4. The number of aliphatic hydroxyl groups is 1. The highest BCUT2D eigenvalue weighted by atomic mass is 79.9. The molecule has 4 rings (SSSR count). The predicted molar refractivity (Wildman–Crippen MR) is 239 cm³/mol. The van der Waals surface area contributed by atoms with Crippen molar-refractivity contribution in [2.75, 3.05) is 13.2 Å². The van der Waals surface area contributed by atoms with Gasteiger partial charge >= 0.3 is 5.97 Å². The van der Waals surface area contributed by atoms with Crippen LogP contribution >= 0.6 is 31.9 Å². The molecule has 328 valence electrons. The van der Waals surface area contributed by atoms with E-state index < -0.39 is 28.5 Å². The summed E-state index contributed by atoms with van der Waals surface area (Å²) in [5, 5.41) is 22.1. The molecule has 2 aromatic carbocycles. The number of ketones is 1. The molecule has 1 unspecified atom stereocenters. The Kier molecular flexibility index (Phi) is 21.0. The second-order valence-corrected chi connectivity index (χ2v) is 28.8.